The standard InChI is InChI=1S/C5H9NO4.CH3.Na/c6-3(5(9)10)1-2-4(7)8;;/h3H,1-2,6H2,(H,7,8)(H,9,10);1H3;. The van der Waals surface area contributed by atoms with E-state index in [-0.39, 0.29) is 12.8 Å². The van der Waals surface area contributed by atoms with Gasteiger partial charge in [-0.05, 0) is 6.42 Å². The first-order valence-electron chi connectivity index (χ1n) is 3.74. The van der Waals surface area contributed by atoms with Gasteiger partial charge in [-0.3, -0.25) is 9.59 Å². The van der Waals surface area contributed by atoms with Crippen LogP contribution in [0.2, 0.25) is 4.17 Å². The van der Waals surface area contributed by atoms with Gasteiger partial charge in [0.1, 0.15) is 6.04 Å². The van der Waals surface area contributed by atoms with Crippen molar-refractivity contribution >= 4 is 39.9 Å². The van der Waals surface area contributed by atoms with Gasteiger partial charge in [-0.1, -0.05) is 0 Å². The summed E-state index contributed by atoms with van der Waals surface area (Å²) in [6.07, 6.45) is -0.224. The van der Waals surface area contributed by atoms with Crippen LogP contribution in [0.25, 0.3) is 0 Å². The van der Waals surface area contributed by atoms with Crippen LogP contribution in [0.15, 0.2) is 0 Å². The second-order valence-electron chi connectivity index (χ2n) is 1.88. The molecule has 1 atom stereocenters. The second kappa shape index (κ2) is 8.99. The number of rotatable bonds is 4. The Morgan fingerprint density at radius 1 is 1.42 bits per heavy atom. The molecule has 0 fully saturated rings. The molecule has 0 aliphatic carbocycles. The molecule has 12 heavy (non-hydrogen) atoms. The normalized spacial score (nSPS) is 11.0. The molecule has 0 rings (SSSR count). The molecular weight excluding hydrogens is 173 g/mol. The van der Waals surface area contributed by atoms with Crippen molar-refractivity contribution in [3.63, 3.8) is 0 Å². The number of carbonyl (C=O) groups is 2. The van der Waals surface area contributed by atoms with Crippen molar-refractivity contribution in [2.45, 2.75) is 23.1 Å². The number of aliphatic carboxylic acids is 2. The number of hydrogen-bond acceptors (Lipinski definition) is 3. The van der Waals surface area contributed by atoms with Gasteiger partial charge in [0, 0.05) is 6.42 Å². The van der Waals surface area contributed by atoms with Crippen molar-refractivity contribution in [2.75, 3.05) is 0 Å². The third-order valence-corrected chi connectivity index (χ3v) is 0.986. The Kier molecular flexibility index (Phi) is 10.8. The predicted octanol–water partition coefficient (Wildman–Crippen LogP) is -0.534. The van der Waals surface area contributed by atoms with E-state index in [4.69, 9.17) is 15.9 Å². The van der Waals surface area contributed by atoms with Gasteiger partial charge >= 0.3 is 44.0 Å². The maximum absolute atomic E-state index is 9.99. The molecule has 0 saturated heterocycles. The summed E-state index contributed by atoms with van der Waals surface area (Å²) >= 11 is 1.31. The van der Waals surface area contributed by atoms with E-state index in [0.717, 1.165) is 0 Å². The van der Waals surface area contributed by atoms with Crippen molar-refractivity contribution in [1.29, 1.82) is 0 Å². The summed E-state index contributed by atoms with van der Waals surface area (Å²) < 4.78 is 2.14. The SMILES string of the molecule is NC(CCC(=O)O)C(=O)O.[CH3][Na]. The fraction of sp³-hybridized carbons (Fsp3) is 0.667. The van der Waals surface area contributed by atoms with Gasteiger partial charge in [0.05, 0.1) is 0 Å². The summed E-state index contributed by atoms with van der Waals surface area (Å²) in [4.78, 5) is 19.9. The molecule has 0 saturated carbocycles. The average molecular weight is 185 g/mol. The summed E-state index contributed by atoms with van der Waals surface area (Å²) in [7, 11) is 0. The van der Waals surface area contributed by atoms with Crippen molar-refractivity contribution < 1.29 is 19.8 Å². The Bertz CT molecular complexity index is 150. The zero-order valence-electron chi connectivity index (χ0n) is 7.28. The van der Waals surface area contributed by atoms with Crippen molar-refractivity contribution in [3.05, 3.63) is 0 Å². The van der Waals surface area contributed by atoms with Crippen LogP contribution in [0, 0.1) is 0 Å². The Morgan fingerprint density at radius 2 is 1.83 bits per heavy atom. The van der Waals surface area contributed by atoms with Crippen LogP contribution in [0.3, 0.4) is 0 Å². The van der Waals surface area contributed by atoms with E-state index >= 15 is 0 Å². The Morgan fingerprint density at radius 3 is 2.08 bits per heavy atom. The van der Waals surface area contributed by atoms with E-state index in [9.17, 15) is 9.59 Å². The van der Waals surface area contributed by atoms with Crippen LogP contribution in [-0.2, 0) is 9.59 Å². The van der Waals surface area contributed by atoms with Crippen LogP contribution in [0.5, 0.6) is 0 Å². The van der Waals surface area contributed by atoms with Gasteiger partial charge in [-0.15, -0.1) is 0 Å². The third-order valence-electron chi connectivity index (χ3n) is 0.986. The number of carboxylic acids is 2. The average Bonchev–Trinajstić information content (AvgIpc) is 2.03. The number of hydrogen-bond donors (Lipinski definition) is 3. The van der Waals surface area contributed by atoms with E-state index in [0.29, 0.717) is 0 Å². The fourth-order valence-corrected chi connectivity index (χ4v) is 0.402. The molecule has 0 radical (unpaired) electrons. The van der Waals surface area contributed by atoms with E-state index in [1.807, 2.05) is 0 Å². The zero-order chi connectivity index (χ0) is 10.1. The van der Waals surface area contributed by atoms with Crippen LogP contribution in [0.4, 0.5) is 0 Å². The Labute approximate surface area is 88.4 Å². The molecule has 0 amide bonds. The molecule has 0 heterocycles. The first kappa shape index (κ1) is 14.4. The van der Waals surface area contributed by atoms with Gasteiger partial charge in [-0.25, -0.2) is 0 Å². The fourth-order valence-electron chi connectivity index (χ4n) is 0.402. The quantitative estimate of drug-likeness (QED) is 0.511. The Hall–Kier alpha value is -0.100. The minimum atomic E-state index is -1.17. The van der Waals surface area contributed by atoms with Crippen molar-refractivity contribution in [2.24, 2.45) is 5.73 Å². The third kappa shape index (κ3) is 9.90. The van der Waals surface area contributed by atoms with Gasteiger partial charge in [0.15, 0.2) is 0 Å². The van der Waals surface area contributed by atoms with Crippen molar-refractivity contribution in [1.82, 2.24) is 0 Å². The topological polar surface area (TPSA) is 101 Å². The van der Waals surface area contributed by atoms with Crippen LogP contribution in [0.1, 0.15) is 12.8 Å². The van der Waals surface area contributed by atoms with Gasteiger partial charge < -0.3 is 15.9 Å². The molecule has 0 aliphatic heterocycles. The number of nitrogens with two attached hydrogens (primary N) is 1. The Balaban J connectivity index is 0. The number of carboxylic acid groups (broad SMARTS) is 2. The summed E-state index contributed by atoms with van der Waals surface area (Å²) in [5, 5.41) is 16.3. The van der Waals surface area contributed by atoms with Gasteiger partial charge in [-0.2, -0.15) is 0 Å². The molecule has 0 aromatic rings. The van der Waals surface area contributed by atoms with E-state index in [2.05, 4.69) is 4.17 Å². The molecule has 0 aliphatic rings. The molecule has 0 bridgehead atoms. The minimum absolute atomic E-state index is 0.0231. The molecule has 0 aromatic heterocycles. The molecule has 1 unspecified atom stereocenters. The summed E-state index contributed by atoms with van der Waals surface area (Å²) in [5.74, 6) is -2.20. The van der Waals surface area contributed by atoms with Crippen molar-refractivity contribution in [3.8, 4) is 0 Å². The van der Waals surface area contributed by atoms with Gasteiger partial charge in [0.2, 0.25) is 0 Å². The van der Waals surface area contributed by atoms with Crippen LogP contribution < -0.4 is 5.73 Å². The summed E-state index contributed by atoms with van der Waals surface area (Å²) in [6.45, 7) is 0. The van der Waals surface area contributed by atoms with E-state index in [1.165, 1.54) is 27.9 Å². The zero-order valence-corrected chi connectivity index (χ0v) is 9.28. The first-order valence-corrected chi connectivity index (χ1v) is 5.74. The molecule has 6 heteroatoms. The monoisotopic (exact) mass is 185 g/mol. The molecular formula is C6H12NNaO4. The van der Waals surface area contributed by atoms with E-state index in [1.54, 1.807) is 0 Å². The molecule has 0 aromatic carbocycles. The maximum atomic E-state index is 9.99. The molecule has 66 valence electrons. The second-order valence-corrected chi connectivity index (χ2v) is 1.88. The first-order chi connectivity index (χ1) is 5.54. The summed E-state index contributed by atoms with van der Waals surface area (Å²) in [5.41, 5.74) is 5.00. The van der Waals surface area contributed by atoms with Crippen LogP contribution in [-0.4, -0.2) is 56.1 Å². The molecule has 5 nitrogen and oxygen atoms in total. The van der Waals surface area contributed by atoms with E-state index < -0.39 is 18.0 Å². The van der Waals surface area contributed by atoms with Gasteiger partial charge in [0.25, 0.3) is 0 Å². The van der Waals surface area contributed by atoms with Crippen LogP contribution >= 0.6 is 0 Å². The predicted molar refractivity (Wildman–Crippen MR) is 44.1 cm³/mol. The molecule has 4 N–H and O–H groups in total. The molecule has 0 spiro atoms. The summed E-state index contributed by atoms with van der Waals surface area (Å²) in [6, 6.07) is -1.06.